The average molecular weight is 336 g/mol. The van der Waals surface area contributed by atoms with Crippen molar-refractivity contribution in [3.63, 3.8) is 0 Å². The minimum atomic E-state index is -0.286. The third-order valence-corrected chi connectivity index (χ3v) is 4.69. The molecule has 126 valence electrons. The van der Waals surface area contributed by atoms with Crippen molar-refractivity contribution >= 4 is 16.8 Å². The minimum Gasteiger partial charge on any atom is -0.346 e. The number of para-hydroxylation sites is 1. The zero-order valence-corrected chi connectivity index (χ0v) is 13.5. The van der Waals surface area contributed by atoms with Gasteiger partial charge in [-0.15, -0.1) is 0 Å². The van der Waals surface area contributed by atoms with E-state index < -0.39 is 0 Å². The van der Waals surface area contributed by atoms with Crippen LogP contribution in [-0.2, 0) is 6.42 Å². The molecular formula is C20H17FN2O2. The van der Waals surface area contributed by atoms with Gasteiger partial charge in [-0.2, -0.15) is 0 Å². The summed E-state index contributed by atoms with van der Waals surface area (Å²) in [5.74, 6) is -0.468. The lowest BCUT2D eigenvalue weighted by molar-refractivity contribution is 0.0933. The molecule has 2 aromatic carbocycles. The van der Waals surface area contributed by atoms with Crippen LogP contribution in [0.3, 0.4) is 0 Å². The van der Waals surface area contributed by atoms with Crippen molar-refractivity contribution in [3.05, 3.63) is 81.9 Å². The lowest BCUT2D eigenvalue weighted by Crippen LogP contribution is -2.38. The Balaban J connectivity index is 1.59. The number of pyridine rings is 1. The maximum absolute atomic E-state index is 13.0. The normalized spacial score (nSPS) is 15.1. The third kappa shape index (κ3) is 3.18. The number of aromatic amines is 1. The number of fused-ring (bicyclic) bond motifs is 1. The number of carbonyl (C=O) groups is 1. The zero-order chi connectivity index (χ0) is 17.4. The van der Waals surface area contributed by atoms with Crippen LogP contribution < -0.4 is 10.9 Å². The topological polar surface area (TPSA) is 62.0 Å². The first-order valence-corrected chi connectivity index (χ1v) is 8.24. The molecule has 1 saturated carbocycles. The molecule has 0 radical (unpaired) electrons. The van der Waals surface area contributed by atoms with Gasteiger partial charge in [-0.3, -0.25) is 9.59 Å². The van der Waals surface area contributed by atoms with Gasteiger partial charge < -0.3 is 10.3 Å². The second-order valence-corrected chi connectivity index (χ2v) is 6.63. The highest BCUT2D eigenvalue weighted by Crippen LogP contribution is 2.39. The molecule has 4 nitrogen and oxygen atoms in total. The first kappa shape index (κ1) is 15.6. The predicted molar refractivity (Wildman–Crippen MR) is 94.1 cm³/mol. The number of hydrogen-bond donors (Lipinski definition) is 2. The molecule has 1 heterocycles. The Morgan fingerprint density at radius 1 is 1.08 bits per heavy atom. The molecule has 0 bridgehead atoms. The fourth-order valence-corrected chi connectivity index (χ4v) is 3.17. The Kier molecular flexibility index (Phi) is 3.64. The van der Waals surface area contributed by atoms with Crippen LogP contribution in [0.5, 0.6) is 0 Å². The third-order valence-electron chi connectivity index (χ3n) is 4.69. The molecule has 1 aliphatic rings. The van der Waals surface area contributed by atoms with E-state index in [0.29, 0.717) is 17.5 Å². The monoisotopic (exact) mass is 336 g/mol. The summed E-state index contributed by atoms with van der Waals surface area (Å²) < 4.78 is 13.0. The van der Waals surface area contributed by atoms with Crippen molar-refractivity contribution < 1.29 is 9.18 Å². The van der Waals surface area contributed by atoms with Gasteiger partial charge >= 0.3 is 0 Å². The Hall–Kier alpha value is -2.95. The molecule has 1 fully saturated rings. The van der Waals surface area contributed by atoms with E-state index in [-0.39, 0.29) is 22.8 Å². The van der Waals surface area contributed by atoms with Crippen LogP contribution in [0, 0.1) is 5.82 Å². The molecule has 1 amide bonds. The van der Waals surface area contributed by atoms with Gasteiger partial charge in [0.25, 0.3) is 5.91 Å². The summed E-state index contributed by atoms with van der Waals surface area (Å²) in [6, 6.07) is 14.9. The van der Waals surface area contributed by atoms with Crippen LogP contribution in [0.15, 0.2) is 59.4 Å². The summed E-state index contributed by atoms with van der Waals surface area (Å²) in [7, 11) is 0. The van der Waals surface area contributed by atoms with Crippen molar-refractivity contribution in [1.82, 2.24) is 10.3 Å². The molecular weight excluding hydrogens is 319 g/mol. The largest absolute Gasteiger partial charge is 0.346 e. The summed E-state index contributed by atoms with van der Waals surface area (Å²) in [6.45, 7) is 0. The molecule has 2 N–H and O–H groups in total. The van der Waals surface area contributed by atoms with Crippen LogP contribution in [0.25, 0.3) is 10.9 Å². The van der Waals surface area contributed by atoms with Crippen molar-refractivity contribution in [1.29, 1.82) is 0 Å². The highest BCUT2D eigenvalue weighted by Gasteiger charge is 2.44. The number of nitrogens with one attached hydrogen (secondary N) is 2. The van der Waals surface area contributed by atoms with E-state index in [1.807, 2.05) is 6.07 Å². The van der Waals surface area contributed by atoms with Crippen molar-refractivity contribution in [2.75, 3.05) is 0 Å². The molecule has 0 unspecified atom stereocenters. The number of carbonyl (C=O) groups excluding carboxylic acids is 1. The van der Waals surface area contributed by atoms with Crippen LogP contribution in [0.1, 0.15) is 28.8 Å². The number of hydrogen-bond acceptors (Lipinski definition) is 2. The summed E-state index contributed by atoms with van der Waals surface area (Å²) in [5.41, 5.74) is 1.47. The van der Waals surface area contributed by atoms with E-state index >= 15 is 0 Å². The predicted octanol–water partition coefficient (Wildman–Crippen LogP) is 3.17. The van der Waals surface area contributed by atoms with Gasteiger partial charge in [0.05, 0.1) is 11.1 Å². The molecule has 0 saturated heterocycles. The van der Waals surface area contributed by atoms with Crippen LogP contribution >= 0.6 is 0 Å². The summed E-state index contributed by atoms with van der Waals surface area (Å²) >= 11 is 0. The van der Waals surface area contributed by atoms with E-state index in [2.05, 4.69) is 10.3 Å². The van der Waals surface area contributed by atoms with E-state index in [4.69, 9.17) is 0 Å². The highest BCUT2D eigenvalue weighted by molar-refractivity contribution is 6.05. The van der Waals surface area contributed by atoms with E-state index in [9.17, 15) is 14.0 Å². The lowest BCUT2D eigenvalue weighted by Gasteiger charge is -2.18. The molecule has 0 aliphatic heterocycles. The van der Waals surface area contributed by atoms with Crippen LogP contribution in [-0.4, -0.2) is 16.4 Å². The summed E-state index contributed by atoms with van der Waals surface area (Å²) in [5, 5.41) is 3.92. The molecule has 4 rings (SSSR count). The second kappa shape index (κ2) is 5.84. The number of aromatic nitrogens is 1. The van der Waals surface area contributed by atoms with E-state index in [1.54, 1.807) is 30.3 Å². The smallest absolute Gasteiger partial charge is 0.253 e. The number of benzene rings is 2. The summed E-state index contributed by atoms with van der Waals surface area (Å²) in [6.07, 6.45) is 2.44. The molecule has 25 heavy (non-hydrogen) atoms. The van der Waals surface area contributed by atoms with Gasteiger partial charge in [-0.05, 0) is 54.5 Å². The average Bonchev–Trinajstić information content (AvgIpc) is 3.35. The fourth-order valence-electron chi connectivity index (χ4n) is 3.17. The van der Waals surface area contributed by atoms with Crippen molar-refractivity contribution in [3.8, 4) is 0 Å². The Morgan fingerprint density at radius 3 is 2.56 bits per heavy atom. The standard InChI is InChI=1S/C20H17FN2O2/c21-15-7-4-13(5-8-15)12-20(10-11-20)23-19(25)16-3-1-2-14-6-9-17(24)22-18(14)16/h1-9H,10-12H2,(H,22,24)(H,23,25). The quantitative estimate of drug-likeness (QED) is 0.769. The highest BCUT2D eigenvalue weighted by atomic mass is 19.1. The van der Waals surface area contributed by atoms with Gasteiger partial charge in [0, 0.05) is 11.6 Å². The van der Waals surface area contributed by atoms with Gasteiger partial charge in [0.2, 0.25) is 5.56 Å². The maximum atomic E-state index is 13.0. The molecule has 3 aromatic rings. The number of H-pyrrole nitrogens is 1. The Bertz CT molecular complexity index is 1000. The lowest BCUT2D eigenvalue weighted by atomic mass is 10.0. The van der Waals surface area contributed by atoms with Crippen LogP contribution in [0.2, 0.25) is 0 Å². The summed E-state index contributed by atoms with van der Waals surface area (Å²) in [4.78, 5) is 27.1. The second-order valence-electron chi connectivity index (χ2n) is 6.63. The minimum absolute atomic E-state index is 0.202. The first-order valence-electron chi connectivity index (χ1n) is 8.24. The Morgan fingerprint density at radius 2 is 1.84 bits per heavy atom. The SMILES string of the molecule is O=C(NC1(Cc2ccc(F)cc2)CC1)c1cccc2ccc(=O)[nH]c12. The van der Waals surface area contributed by atoms with Gasteiger partial charge in [0.15, 0.2) is 0 Å². The van der Waals surface area contributed by atoms with Gasteiger partial charge in [-0.25, -0.2) is 4.39 Å². The fraction of sp³-hybridized carbons (Fsp3) is 0.200. The Labute approximate surface area is 143 Å². The maximum Gasteiger partial charge on any atom is 0.253 e. The molecule has 0 spiro atoms. The zero-order valence-electron chi connectivity index (χ0n) is 13.5. The molecule has 1 aliphatic carbocycles. The van der Waals surface area contributed by atoms with Gasteiger partial charge in [0.1, 0.15) is 5.82 Å². The van der Waals surface area contributed by atoms with E-state index in [0.717, 1.165) is 23.8 Å². The first-order chi connectivity index (χ1) is 12.0. The van der Waals surface area contributed by atoms with Crippen LogP contribution in [0.4, 0.5) is 4.39 Å². The van der Waals surface area contributed by atoms with E-state index in [1.165, 1.54) is 18.2 Å². The molecule has 0 atom stereocenters. The number of halogens is 1. The van der Waals surface area contributed by atoms with Crippen molar-refractivity contribution in [2.45, 2.75) is 24.8 Å². The van der Waals surface area contributed by atoms with Gasteiger partial charge in [-0.1, -0.05) is 24.3 Å². The number of rotatable bonds is 4. The molecule has 1 aromatic heterocycles. The number of amides is 1. The molecule has 5 heteroatoms. The van der Waals surface area contributed by atoms with Crippen molar-refractivity contribution in [2.24, 2.45) is 0 Å².